The summed E-state index contributed by atoms with van der Waals surface area (Å²) in [6, 6.07) is 5.56. The van der Waals surface area contributed by atoms with Gasteiger partial charge in [-0.15, -0.1) is 0 Å². The van der Waals surface area contributed by atoms with Crippen molar-refractivity contribution in [3.05, 3.63) is 41.1 Å². The van der Waals surface area contributed by atoms with Crippen molar-refractivity contribution < 1.29 is 9.59 Å². The minimum Gasteiger partial charge on any atom is -0.357 e. The second-order valence-electron chi connectivity index (χ2n) is 4.07. The van der Waals surface area contributed by atoms with Crippen LogP contribution in [0.1, 0.15) is 15.9 Å². The van der Waals surface area contributed by atoms with Gasteiger partial charge >= 0.3 is 0 Å². The van der Waals surface area contributed by atoms with E-state index in [0.717, 1.165) is 22.5 Å². The number of carbonyl (C=O) groups excluding carboxylic acids is 2. The molecule has 0 aliphatic carbocycles. The number of fused-ring (bicyclic) bond motifs is 1. The molecule has 0 spiro atoms. The molecule has 17 heavy (non-hydrogen) atoms. The van der Waals surface area contributed by atoms with Crippen LogP contribution in [-0.4, -0.2) is 18.4 Å². The van der Waals surface area contributed by atoms with Crippen LogP contribution >= 0.6 is 0 Å². The summed E-state index contributed by atoms with van der Waals surface area (Å²) in [6.07, 6.45) is 1.54. The summed E-state index contributed by atoms with van der Waals surface area (Å²) in [5.74, 6) is -0.103. The molecule has 3 rings (SSSR count). The number of anilines is 1. The van der Waals surface area contributed by atoms with Crippen LogP contribution < -0.4 is 16.0 Å². The van der Waals surface area contributed by atoms with Crippen LogP contribution in [0, 0.1) is 0 Å². The predicted octanol–water partition coefficient (Wildman–Crippen LogP) is 0.356. The van der Waals surface area contributed by atoms with E-state index < -0.39 is 0 Å². The Morgan fingerprint density at radius 2 is 2.00 bits per heavy atom. The van der Waals surface area contributed by atoms with Gasteiger partial charge in [-0.2, -0.15) is 0 Å². The number of hydrogen-bond donors (Lipinski definition) is 3. The Hall–Kier alpha value is -2.30. The van der Waals surface area contributed by atoms with Crippen molar-refractivity contribution in [1.29, 1.82) is 0 Å². The van der Waals surface area contributed by atoms with Gasteiger partial charge in [-0.05, 0) is 23.8 Å². The van der Waals surface area contributed by atoms with Gasteiger partial charge in [0.15, 0.2) is 0 Å². The first-order valence-corrected chi connectivity index (χ1v) is 5.39. The van der Waals surface area contributed by atoms with E-state index in [0.29, 0.717) is 13.1 Å². The molecule has 0 saturated carbocycles. The lowest BCUT2D eigenvalue weighted by atomic mass is 10.1. The molecule has 3 N–H and O–H groups in total. The van der Waals surface area contributed by atoms with Crippen molar-refractivity contribution in [2.75, 3.05) is 11.9 Å². The molecule has 2 aliphatic rings. The van der Waals surface area contributed by atoms with Gasteiger partial charge in [-0.25, -0.2) is 0 Å². The fraction of sp³-hybridized carbons (Fsp3) is 0.167. The first-order chi connectivity index (χ1) is 8.22. The Balaban J connectivity index is 1.83. The summed E-state index contributed by atoms with van der Waals surface area (Å²) >= 11 is 0. The third kappa shape index (κ3) is 1.75. The van der Waals surface area contributed by atoms with E-state index >= 15 is 0 Å². The van der Waals surface area contributed by atoms with E-state index in [1.165, 1.54) is 6.08 Å². The molecule has 0 radical (unpaired) electrons. The number of benzene rings is 1. The Morgan fingerprint density at radius 3 is 2.76 bits per heavy atom. The first-order valence-electron chi connectivity index (χ1n) is 5.39. The Morgan fingerprint density at radius 1 is 1.12 bits per heavy atom. The van der Waals surface area contributed by atoms with Crippen LogP contribution in [0.15, 0.2) is 30.0 Å². The van der Waals surface area contributed by atoms with Gasteiger partial charge in [0.1, 0.15) is 0 Å². The van der Waals surface area contributed by atoms with E-state index in [2.05, 4.69) is 16.0 Å². The maximum absolute atomic E-state index is 11.4. The van der Waals surface area contributed by atoms with Crippen LogP contribution in [0.25, 0.3) is 0 Å². The molecule has 1 aromatic carbocycles. The molecule has 1 aromatic rings. The molecule has 0 unspecified atom stereocenters. The second-order valence-corrected chi connectivity index (χ2v) is 4.07. The lowest BCUT2D eigenvalue weighted by Crippen LogP contribution is -2.16. The number of hydrogen-bond acceptors (Lipinski definition) is 3. The van der Waals surface area contributed by atoms with E-state index in [9.17, 15) is 9.59 Å². The summed E-state index contributed by atoms with van der Waals surface area (Å²) in [6.45, 7) is 1.09. The summed E-state index contributed by atoms with van der Waals surface area (Å²) in [7, 11) is 0. The van der Waals surface area contributed by atoms with Gasteiger partial charge < -0.3 is 16.0 Å². The van der Waals surface area contributed by atoms with Crippen molar-refractivity contribution >= 4 is 17.5 Å². The van der Waals surface area contributed by atoms with E-state index in [-0.39, 0.29) is 11.8 Å². The lowest BCUT2D eigenvalue weighted by Gasteiger charge is -2.07. The Labute approximate surface area is 97.9 Å². The molecule has 0 fully saturated rings. The van der Waals surface area contributed by atoms with Crippen molar-refractivity contribution in [2.45, 2.75) is 6.54 Å². The van der Waals surface area contributed by atoms with Crippen LogP contribution in [-0.2, 0) is 11.3 Å². The predicted molar refractivity (Wildman–Crippen MR) is 62.3 cm³/mol. The Kier molecular flexibility index (Phi) is 2.11. The SMILES string of the molecule is O=C1C=C(Nc2ccc3c(c2)CNC3=O)CN1. The molecule has 0 atom stereocenters. The van der Waals surface area contributed by atoms with E-state index in [4.69, 9.17) is 0 Å². The van der Waals surface area contributed by atoms with Crippen LogP contribution in [0.4, 0.5) is 5.69 Å². The monoisotopic (exact) mass is 229 g/mol. The highest BCUT2D eigenvalue weighted by molar-refractivity contribution is 5.98. The van der Waals surface area contributed by atoms with Crippen molar-refractivity contribution in [2.24, 2.45) is 0 Å². The first kappa shape index (κ1) is 9.89. The summed E-state index contributed by atoms with van der Waals surface area (Å²) in [5.41, 5.74) is 3.44. The Bertz CT molecular complexity index is 549. The number of nitrogens with one attached hydrogen (secondary N) is 3. The van der Waals surface area contributed by atoms with Gasteiger partial charge in [-0.3, -0.25) is 9.59 Å². The molecule has 0 aromatic heterocycles. The van der Waals surface area contributed by atoms with Gasteiger partial charge in [0.05, 0.1) is 6.54 Å². The lowest BCUT2D eigenvalue weighted by molar-refractivity contribution is -0.115. The standard InChI is InChI=1S/C12H11N3O2/c16-11-4-9(6-13-11)15-8-1-2-10-7(3-8)5-14-12(10)17/h1-4,15H,5-6H2,(H,13,16)(H,14,17). The largest absolute Gasteiger partial charge is 0.357 e. The molecule has 0 bridgehead atoms. The van der Waals surface area contributed by atoms with E-state index in [1.54, 1.807) is 6.07 Å². The average Bonchev–Trinajstić information content (AvgIpc) is 2.87. The van der Waals surface area contributed by atoms with Crippen molar-refractivity contribution in [1.82, 2.24) is 10.6 Å². The third-order valence-electron chi connectivity index (χ3n) is 2.85. The minimum absolute atomic E-state index is 0.0246. The molecule has 2 aliphatic heterocycles. The van der Waals surface area contributed by atoms with E-state index in [1.807, 2.05) is 12.1 Å². The quantitative estimate of drug-likeness (QED) is 0.685. The number of rotatable bonds is 2. The van der Waals surface area contributed by atoms with Gasteiger partial charge in [0, 0.05) is 29.6 Å². The average molecular weight is 229 g/mol. The normalized spacial score (nSPS) is 17.3. The fourth-order valence-corrected chi connectivity index (χ4v) is 2.02. The zero-order chi connectivity index (χ0) is 11.8. The second kappa shape index (κ2) is 3.62. The van der Waals surface area contributed by atoms with Crippen LogP contribution in [0.5, 0.6) is 0 Å². The van der Waals surface area contributed by atoms with Crippen molar-refractivity contribution in [3.63, 3.8) is 0 Å². The molecular weight excluding hydrogens is 218 g/mol. The highest BCUT2D eigenvalue weighted by atomic mass is 16.2. The minimum atomic E-state index is -0.0782. The zero-order valence-corrected chi connectivity index (χ0v) is 9.04. The highest BCUT2D eigenvalue weighted by Gasteiger charge is 2.19. The van der Waals surface area contributed by atoms with Crippen molar-refractivity contribution in [3.8, 4) is 0 Å². The number of amides is 2. The molecule has 0 saturated heterocycles. The molecular formula is C12H11N3O2. The molecule has 5 heteroatoms. The molecule has 5 nitrogen and oxygen atoms in total. The van der Waals surface area contributed by atoms with Gasteiger partial charge in [0.2, 0.25) is 5.91 Å². The highest BCUT2D eigenvalue weighted by Crippen LogP contribution is 2.21. The fourth-order valence-electron chi connectivity index (χ4n) is 2.02. The van der Waals surface area contributed by atoms with Crippen LogP contribution in [0.3, 0.4) is 0 Å². The van der Waals surface area contributed by atoms with Gasteiger partial charge in [0.25, 0.3) is 5.91 Å². The molecule has 86 valence electrons. The zero-order valence-electron chi connectivity index (χ0n) is 9.04. The topological polar surface area (TPSA) is 70.2 Å². The molecule has 2 heterocycles. The van der Waals surface area contributed by atoms with Crippen LogP contribution in [0.2, 0.25) is 0 Å². The summed E-state index contributed by atoms with van der Waals surface area (Å²) < 4.78 is 0. The maximum Gasteiger partial charge on any atom is 0.251 e. The summed E-state index contributed by atoms with van der Waals surface area (Å²) in [4.78, 5) is 22.4. The smallest absolute Gasteiger partial charge is 0.251 e. The number of carbonyl (C=O) groups is 2. The van der Waals surface area contributed by atoms with Gasteiger partial charge in [-0.1, -0.05) is 0 Å². The molecule has 2 amide bonds. The summed E-state index contributed by atoms with van der Waals surface area (Å²) in [5, 5.41) is 8.61. The maximum atomic E-state index is 11.4. The third-order valence-corrected chi connectivity index (χ3v) is 2.85.